The van der Waals surface area contributed by atoms with Gasteiger partial charge in [-0.05, 0) is 18.6 Å². The molecular formula is C15H15F2N3O4. The van der Waals surface area contributed by atoms with Gasteiger partial charge in [-0.2, -0.15) is 0 Å². The monoisotopic (exact) mass is 339 g/mol. The SMILES string of the molecule is NC(=O)OC1CN(c2cc(F)c(C3CCC(=O)NC3=O)c(F)c2)C1. The normalized spacial score (nSPS) is 21.2. The summed E-state index contributed by atoms with van der Waals surface area (Å²) in [7, 11) is 0. The molecule has 3 amide bonds. The first kappa shape index (κ1) is 16.2. The van der Waals surface area contributed by atoms with E-state index in [9.17, 15) is 23.2 Å². The summed E-state index contributed by atoms with van der Waals surface area (Å²) in [4.78, 5) is 35.2. The van der Waals surface area contributed by atoms with Gasteiger partial charge in [0.2, 0.25) is 11.8 Å². The van der Waals surface area contributed by atoms with Crippen LogP contribution in [0.25, 0.3) is 0 Å². The van der Waals surface area contributed by atoms with Crippen molar-refractivity contribution in [3.63, 3.8) is 0 Å². The molecule has 1 atom stereocenters. The van der Waals surface area contributed by atoms with Gasteiger partial charge in [-0.3, -0.25) is 14.9 Å². The van der Waals surface area contributed by atoms with Gasteiger partial charge in [0.05, 0.1) is 19.0 Å². The Labute approximate surface area is 135 Å². The van der Waals surface area contributed by atoms with E-state index in [1.807, 2.05) is 0 Å². The van der Waals surface area contributed by atoms with Gasteiger partial charge in [-0.1, -0.05) is 0 Å². The Hall–Kier alpha value is -2.71. The molecule has 0 radical (unpaired) electrons. The Bertz CT molecular complexity index is 696. The fourth-order valence-corrected chi connectivity index (χ4v) is 2.94. The lowest BCUT2D eigenvalue weighted by molar-refractivity contribution is -0.134. The second-order valence-electron chi connectivity index (χ2n) is 5.79. The molecule has 2 heterocycles. The highest BCUT2D eigenvalue weighted by molar-refractivity contribution is 6.01. The van der Waals surface area contributed by atoms with Gasteiger partial charge in [-0.15, -0.1) is 0 Å². The van der Waals surface area contributed by atoms with Gasteiger partial charge in [0.15, 0.2) is 0 Å². The first-order valence-corrected chi connectivity index (χ1v) is 7.39. The summed E-state index contributed by atoms with van der Waals surface area (Å²) in [5, 5.41) is 2.08. The molecule has 0 aromatic heterocycles. The van der Waals surface area contributed by atoms with Crippen LogP contribution in [0.4, 0.5) is 19.3 Å². The molecule has 2 aliphatic rings. The van der Waals surface area contributed by atoms with Crippen molar-refractivity contribution >= 4 is 23.6 Å². The van der Waals surface area contributed by atoms with E-state index in [1.165, 1.54) is 0 Å². The molecule has 9 heteroatoms. The minimum atomic E-state index is -1.03. The average Bonchev–Trinajstić information content (AvgIpc) is 2.43. The number of nitrogens with two attached hydrogens (primary N) is 1. The number of nitrogens with zero attached hydrogens (tertiary/aromatic N) is 1. The Morgan fingerprint density at radius 2 is 1.88 bits per heavy atom. The van der Waals surface area contributed by atoms with Crippen LogP contribution in [-0.4, -0.2) is 37.1 Å². The van der Waals surface area contributed by atoms with Crippen molar-refractivity contribution in [3.05, 3.63) is 29.3 Å². The zero-order valence-corrected chi connectivity index (χ0v) is 12.6. The highest BCUT2D eigenvalue weighted by atomic mass is 19.1. The number of hydrogen-bond acceptors (Lipinski definition) is 5. The highest BCUT2D eigenvalue weighted by Crippen LogP contribution is 2.33. The molecule has 1 unspecified atom stereocenters. The maximum absolute atomic E-state index is 14.4. The van der Waals surface area contributed by atoms with Gasteiger partial charge < -0.3 is 15.4 Å². The Morgan fingerprint density at radius 1 is 1.25 bits per heavy atom. The topological polar surface area (TPSA) is 102 Å². The van der Waals surface area contributed by atoms with Crippen molar-refractivity contribution in [2.24, 2.45) is 5.73 Å². The van der Waals surface area contributed by atoms with Crippen molar-refractivity contribution in [1.29, 1.82) is 0 Å². The van der Waals surface area contributed by atoms with Crippen LogP contribution >= 0.6 is 0 Å². The largest absolute Gasteiger partial charge is 0.443 e. The van der Waals surface area contributed by atoms with E-state index in [2.05, 4.69) is 5.32 Å². The lowest BCUT2D eigenvalue weighted by atomic mass is 9.89. The third kappa shape index (κ3) is 3.01. The zero-order chi connectivity index (χ0) is 17.4. The van der Waals surface area contributed by atoms with E-state index in [0.717, 1.165) is 12.1 Å². The number of carbonyl (C=O) groups is 3. The van der Waals surface area contributed by atoms with Crippen molar-refractivity contribution < 1.29 is 27.9 Å². The molecule has 2 fully saturated rings. The first-order valence-electron chi connectivity index (χ1n) is 7.39. The van der Waals surface area contributed by atoms with Crippen LogP contribution in [0.1, 0.15) is 24.3 Å². The van der Waals surface area contributed by atoms with Gasteiger partial charge in [0.25, 0.3) is 0 Å². The number of carbonyl (C=O) groups excluding carboxylic acids is 3. The van der Waals surface area contributed by atoms with E-state index in [-0.39, 0.29) is 37.2 Å². The fraction of sp³-hybridized carbons (Fsp3) is 0.400. The van der Waals surface area contributed by atoms with Crippen LogP contribution in [0.5, 0.6) is 0 Å². The maximum atomic E-state index is 14.4. The number of benzene rings is 1. The molecule has 1 aromatic carbocycles. The molecule has 7 nitrogen and oxygen atoms in total. The predicted octanol–water partition coefficient (Wildman–Crippen LogP) is 0.769. The van der Waals surface area contributed by atoms with E-state index in [1.54, 1.807) is 4.90 Å². The molecule has 2 aliphatic heterocycles. The molecule has 24 heavy (non-hydrogen) atoms. The van der Waals surface area contributed by atoms with E-state index in [4.69, 9.17) is 10.5 Å². The smallest absolute Gasteiger partial charge is 0.404 e. The summed E-state index contributed by atoms with van der Waals surface area (Å²) in [6.45, 7) is 0.555. The summed E-state index contributed by atoms with van der Waals surface area (Å²) in [5.41, 5.74) is 4.84. The van der Waals surface area contributed by atoms with Crippen LogP contribution in [-0.2, 0) is 14.3 Å². The van der Waals surface area contributed by atoms with Crippen molar-refractivity contribution in [2.75, 3.05) is 18.0 Å². The highest BCUT2D eigenvalue weighted by Gasteiger charge is 2.34. The van der Waals surface area contributed by atoms with E-state index >= 15 is 0 Å². The Balaban J connectivity index is 1.76. The quantitative estimate of drug-likeness (QED) is 0.792. The second-order valence-corrected chi connectivity index (χ2v) is 5.79. The predicted molar refractivity (Wildman–Crippen MR) is 78.2 cm³/mol. The number of rotatable bonds is 3. The van der Waals surface area contributed by atoms with Crippen LogP contribution in [0.15, 0.2) is 12.1 Å². The lowest BCUT2D eigenvalue weighted by Gasteiger charge is -2.40. The van der Waals surface area contributed by atoms with Crippen molar-refractivity contribution in [1.82, 2.24) is 5.32 Å². The number of ether oxygens (including phenoxy) is 1. The lowest BCUT2D eigenvalue weighted by Crippen LogP contribution is -2.53. The van der Waals surface area contributed by atoms with Crippen molar-refractivity contribution in [2.45, 2.75) is 24.9 Å². The van der Waals surface area contributed by atoms with Crippen LogP contribution < -0.4 is 16.0 Å². The van der Waals surface area contributed by atoms with Crippen LogP contribution in [0.2, 0.25) is 0 Å². The summed E-state index contributed by atoms with van der Waals surface area (Å²) < 4.78 is 33.5. The average molecular weight is 339 g/mol. The summed E-state index contributed by atoms with van der Waals surface area (Å²) in [6.07, 6.45) is -1.21. The van der Waals surface area contributed by atoms with E-state index < -0.39 is 41.6 Å². The molecule has 0 spiro atoms. The molecule has 128 valence electrons. The van der Waals surface area contributed by atoms with Gasteiger partial charge in [0, 0.05) is 17.7 Å². The fourth-order valence-electron chi connectivity index (χ4n) is 2.94. The van der Waals surface area contributed by atoms with Gasteiger partial charge >= 0.3 is 6.09 Å². The van der Waals surface area contributed by atoms with Crippen molar-refractivity contribution in [3.8, 4) is 0 Å². The standard InChI is InChI=1S/C15H15F2N3O4/c16-10-3-7(20-5-8(6-20)24-15(18)23)4-11(17)13(10)9-1-2-12(21)19-14(9)22/h3-4,8-9H,1-2,5-6H2,(H2,18,23)(H,19,21,22). The first-order chi connectivity index (χ1) is 11.3. The summed E-state index contributed by atoms with van der Waals surface area (Å²) in [6, 6.07) is 2.26. The molecule has 3 rings (SSSR count). The number of primary amides is 1. The number of amides is 3. The third-order valence-electron chi connectivity index (χ3n) is 4.15. The van der Waals surface area contributed by atoms with Crippen LogP contribution in [0, 0.1) is 11.6 Å². The second kappa shape index (κ2) is 6.06. The maximum Gasteiger partial charge on any atom is 0.404 e. The van der Waals surface area contributed by atoms with Crippen LogP contribution in [0.3, 0.4) is 0 Å². The molecule has 1 aromatic rings. The molecule has 0 aliphatic carbocycles. The minimum absolute atomic E-state index is 0.0370. The summed E-state index contributed by atoms with van der Waals surface area (Å²) in [5.74, 6) is -3.87. The number of imide groups is 1. The molecule has 0 bridgehead atoms. The number of anilines is 1. The third-order valence-corrected chi connectivity index (χ3v) is 4.15. The molecular weight excluding hydrogens is 324 g/mol. The van der Waals surface area contributed by atoms with Gasteiger partial charge in [0.1, 0.15) is 17.7 Å². The zero-order valence-electron chi connectivity index (χ0n) is 12.6. The molecule has 2 saturated heterocycles. The minimum Gasteiger partial charge on any atom is -0.443 e. The number of halogens is 2. The number of hydrogen-bond donors (Lipinski definition) is 2. The van der Waals surface area contributed by atoms with Gasteiger partial charge in [-0.25, -0.2) is 13.6 Å². The molecule has 0 saturated carbocycles. The Kier molecular flexibility index (Phi) is 4.08. The molecule has 3 N–H and O–H groups in total. The Morgan fingerprint density at radius 3 is 2.42 bits per heavy atom. The van der Waals surface area contributed by atoms with E-state index in [0.29, 0.717) is 0 Å². The summed E-state index contributed by atoms with van der Waals surface area (Å²) >= 11 is 0. The number of nitrogens with one attached hydrogen (secondary N) is 1. The number of piperidine rings is 1.